The maximum absolute atomic E-state index is 11.5. The molecule has 0 aliphatic heterocycles. The summed E-state index contributed by atoms with van der Waals surface area (Å²) in [5, 5.41) is 0. The van der Waals surface area contributed by atoms with Crippen molar-refractivity contribution in [1.29, 1.82) is 0 Å². The second-order valence-electron chi connectivity index (χ2n) is 6.06. The van der Waals surface area contributed by atoms with E-state index >= 15 is 0 Å². The van der Waals surface area contributed by atoms with Crippen molar-refractivity contribution >= 4 is 15.0 Å². The van der Waals surface area contributed by atoms with Gasteiger partial charge in [0.1, 0.15) is 12.3 Å². The molecular formula is C15H30O6P2. The Morgan fingerprint density at radius 2 is 1.65 bits per heavy atom. The lowest BCUT2D eigenvalue weighted by atomic mass is 10.1. The molecular weight excluding hydrogens is 338 g/mol. The second kappa shape index (κ2) is 11.4. The van der Waals surface area contributed by atoms with Crippen molar-refractivity contribution in [2.45, 2.75) is 52.9 Å². The fourth-order valence-corrected chi connectivity index (χ4v) is 4.97. The molecule has 0 aliphatic carbocycles. The average Bonchev–Trinajstić information content (AvgIpc) is 2.34. The van der Waals surface area contributed by atoms with Crippen LogP contribution in [0.5, 0.6) is 0 Å². The highest BCUT2D eigenvalue weighted by Crippen LogP contribution is 2.54. The smallest absolute Gasteiger partial charge is 0.335 e. The number of ether oxygens (including phenoxy) is 1. The molecule has 0 aliphatic rings. The van der Waals surface area contributed by atoms with Crippen LogP contribution in [0.3, 0.4) is 0 Å². The minimum Gasteiger partial charge on any atom is -0.371 e. The second-order valence-corrected chi connectivity index (χ2v) is 10.5. The minimum absolute atomic E-state index is 0.316. The lowest BCUT2D eigenvalue weighted by Crippen LogP contribution is -2.01. The van der Waals surface area contributed by atoms with Gasteiger partial charge >= 0.3 is 7.60 Å². The fourth-order valence-electron chi connectivity index (χ4n) is 1.92. The SMILES string of the molecule is CC(C)=CCC/C(C)=C/CCCCOCP(=O)(O)CP(=O)(O)O. The number of rotatable bonds is 12. The summed E-state index contributed by atoms with van der Waals surface area (Å²) in [5.41, 5.74) is 2.68. The van der Waals surface area contributed by atoms with Gasteiger partial charge in [-0.1, -0.05) is 23.3 Å². The summed E-state index contributed by atoms with van der Waals surface area (Å²) in [5.74, 6) is -1.02. The molecule has 0 aromatic heterocycles. The Hall–Kier alpha value is -0.220. The van der Waals surface area contributed by atoms with E-state index < -0.39 is 27.2 Å². The van der Waals surface area contributed by atoms with Gasteiger partial charge in [0.2, 0.25) is 7.37 Å². The predicted molar refractivity (Wildman–Crippen MR) is 93.8 cm³/mol. The summed E-state index contributed by atoms with van der Waals surface area (Å²) in [6.07, 6.45) is 8.61. The third-order valence-electron chi connectivity index (χ3n) is 3.03. The monoisotopic (exact) mass is 368 g/mol. The Balaban J connectivity index is 3.75. The molecule has 1 atom stereocenters. The Morgan fingerprint density at radius 1 is 1.00 bits per heavy atom. The quantitative estimate of drug-likeness (QED) is 0.271. The molecule has 1 unspecified atom stereocenters. The molecule has 6 nitrogen and oxygen atoms in total. The van der Waals surface area contributed by atoms with Crippen LogP contribution in [0.1, 0.15) is 52.9 Å². The molecule has 0 saturated carbocycles. The molecule has 3 N–H and O–H groups in total. The van der Waals surface area contributed by atoms with E-state index in [1.54, 1.807) is 0 Å². The van der Waals surface area contributed by atoms with Gasteiger partial charge in [-0.3, -0.25) is 9.13 Å². The first-order valence-electron chi connectivity index (χ1n) is 7.74. The third kappa shape index (κ3) is 16.4. The molecule has 0 rings (SSSR count). The molecule has 0 radical (unpaired) electrons. The van der Waals surface area contributed by atoms with Gasteiger partial charge in [0.15, 0.2) is 0 Å². The fraction of sp³-hybridized carbons (Fsp3) is 0.733. The van der Waals surface area contributed by atoms with Crippen LogP contribution in [-0.4, -0.2) is 33.5 Å². The van der Waals surface area contributed by atoms with Gasteiger partial charge in [-0.25, -0.2) is 0 Å². The van der Waals surface area contributed by atoms with E-state index in [2.05, 4.69) is 32.9 Å². The zero-order valence-corrected chi connectivity index (χ0v) is 16.1. The van der Waals surface area contributed by atoms with Crippen molar-refractivity contribution in [2.24, 2.45) is 0 Å². The summed E-state index contributed by atoms with van der Waals surface area (Å²) < 4.78 is 27.2. The standard InChI is InChI=1S/C15H30O6P2/c1-14(2)8-7-10-15(3)9-5-4-6-11-21-12-22(16,17)13-23(18,19)20/h8-9H,4-7,10-13H2,1-3H3,(H,16,17)(H2,18,19,20)/b15-9+. The predicted octanol–water partition coefficient (Wildman–Crippen LogP) is 4.23. The molecule has 136 valence electrons. The normalized spacial score (nSPS) is 15.3. The largest absolute Gasteiger partial charge is 0.371 e. The Bertz CT molecular complexity index is 488. The van der Waals surface area contributed by atoms with Crippen molar-refractivity contribution in [3.05, 3.63) is 23.3 Å². The van der Waals surface area contributed by atoms with Gasteiger partial charge in [-0.15, -0.1) is 0 Å². The highest BCUT2D eigenvalue weighted by Gasteiger charge is 2.29. The van der Waals surface area contributed by atoms with Crippen LogP contribution in [0.15, 0.2) is 23.3 Å². The van der Waals surface area contributed by atoms with Crippen LogP contribution in [0.4, 0.5) is 0 Å². The van der Waals surface area contributed by atoms with Gasteiger partial charge in [0.25, 0.3) is 0 Å². The van der Waals surface area contributed by atoms with Crippen LogP contribution in [-0.2, 0) is 13.9 Å². The van der Waals surface area contributed by atoms with Gasteiger partial charge in [0, 0.05) is 6.61 Å². The van der Waals surface area contributed by atoms with E-state index in [0.717, 1.165) is 32.1 Å². The number of allylic oxidation sites excluding steroid dienone is 4. The molecule has 0 heterocycles. The molecule has 0 fully saturated rings. The summed E-state index contributed by atoms with van der Waals surface area (Å²) in [6, 6.07) is 0. The summed E-state index contributed by atoms with van der Waals surface area (Å²) in [4.78, 5) is 26.7. The van der Waals surface area contributed by atoms with Crippen LogP contribution in [0.25, 0.3) is 0 Å². The van der Waals surface area contributed by atoms with Crippen LogP contribution < -0.4 is 0 Å². The van der Waals surface area contributed by atoms with E-state index in [1.165, 1.54) is 11.1 Å². The highest BCUT2D eigenvalue weighted by molar-refractivity contribution is 7.72. The van der Waals surface area contributed by atoms with E-state index in [1.807, 2.05) is 0 Å². The van der Waals surface area contributed by atoms with Crippen molar-refractivity contribution in [2.75, 3.05) is 18.9 Å². The van der Waals surface area contributed by atoms with Crippen molar-refractivity contribution in [3.63, 3.8) is 0 Å². The maximum Gasteiger partial charge on any atom is 0.335 e. The zero-order valence-electron chi connectivity index (χ0n) is 14.3. The number of hydrogen-bond donors (Lipinski definition) is 3. The summed E-state index contributed by atoms with van der Waals surface area (Å²) in [6.45, 7) is 6.60. The third-order valence-corrected chi connectivity index (χ3v) is 6.85. The Morgan fingerprint density at radius 3 is 2.22 bits per heavy atom. The highest BCUT2D eigenvalue weighted by atomic mass is 31.2. The topological polar surface area (TPSA) is 104 Å². The van der Waals surface area contributed by atoms with Crippen molar-refractivity contribution in [1.82, 2.24) is 0 Å². The maximum atomic E-state index is 11.5. The zero-order chi connectivity index (χ0) is 17.9. The molecule has 0 saturated heterocycles. The van der Waals surface area contributed by atoms with Crippen molar-refractivity contribution < 1.29 is 28.5 Å². The summed E-state index contributed by atoms with van der Waals surface area (Å²) in [7, 11) is -8.39. The first kappa shape index (κ1) is 22.8. The Kier molecular flexibility index (Phi) is 11.2. The molecule has 8 heteroatoms. The number of hydrogen-bond acceptors (Lipinski definition) is 3. The summed E-state index contributed by atoms with van der Waals surface area (Å²) >= 11 is 0. The van der Waals surface area contributed by atoms with Gasteiger partial charge < -0.3 is 19.4 Å². The van der Waals surface area contributed by atoms with Crippen LogP contribution in [0.2, 0.25) is 0 Å². The van der Waals surface area contributed by atoms with Crippen LogP contribution >= 0.6 is 15.0 Å². The van der Waals surface area contributed by atoms with E-state index in [-0.39, 0.29) is 0 Å². The van der Waals surface area contributed by atoms with E-state index in [0.29, 0.717) is 6.61 Å². The molecule has 0 bridgehead atoms. The molecule has 0 amide bonds. The lowest BCUT2D eigenvalue weighted by molar-refractivity contribution is 0.164. The van der Waals surface area contributed by atoms with Crippen molar-refractivity contribution in [3.8, 4) is 0 Å². The molecule has 0 aromatic rings. The molecule has 0 spiro atoms. The minimum atomic E-state index is -4.49. The van der Waals surface area contributed by atoms with Gasteiger partial charge in [-0.05, 0) is 52.9 Å². The molecule has 23 heavy (non-hydrogen) atoms. The van der Waals surface area contributed by atoms with Gasteiger partial charge in [0.05, 0.1) is 0 Å². The van der Waals surface area contributed by atoms with Gasteiger partial charge in [-0.2, -0.15) is 0 Å². The first-order chi connectivity index (χ1) is 10.5. The van der Waals surface area contributed by atoms with E-state index in [9.17, 15) is 14.0 Å². The Labute approximate surface area is 139 Å². The van der Waals surface area contributed by atoms with Crippen LogP contribution in [0, 0.1) is 0 Å². The first-order valence-corrected chi connectivity index (χ1v) is 11.6. The average molecular weight is 368 g/mol. The number of unbranched alkanes of at least 4 members (excludes halogenated alkanes) is 2. The van der Waals surface area contributed by atoms with E-state index in [4.69, 9.17) is 14.5 Å². The lowest BCUT2D eigenvalue weighted by Gasteiger charge is -2.12. The molecule has 0 aromatic carbocycles.